The van der Waals surface area contributed by atoms with Crippen LogP contribution in [0, 0.1) is 6.92 Å². The third-order valence-electron chi connectivity index (χ3n) is 3.44. The smallest absolute Gasteiger partial charge is 0.252 e. The summed E-state index contributed by atoms with van der Waals surface area (Å²) in [5.41, 5.74) is 1.37. The number of halogens is 1. The first-order valence-electron chi connectivity index (χ1n) is 7.75. The summed E-state index contributed by atoms with van der Waals surface area (Å²) in [5.74, 6) is 1.12. The second-order valence-electron chi connectivity index (χ2n) is 5.33. The van der Waals surface area contributed by atoms with Gasteiger partial charge < -0.3 is 10.6 Å². The van der Waals surface area contributed by atoms with E-state index in [4.69, 9.17) is 11.6 Å². The Bertz CT molecular complexity index is 879. The highest BCUT2D eigenvalue weighted by Gasteiger charge is 2.08. The van der Waals surface area contributed by atoms with Gasteiger partial charge in [0.2, 0.25) is 0 Å². The van der Waals surface area contributed by atoms with Gasteiger partial charge in [-0.1, -0.05) is 23.7 Å². The van der Waals surface area contributed by atoms with Gasteiger partial charge in [-0.2, -0.15) is 5.10 Å². The largest absolute Gasteiger partial charge is 0.368 e. The molecule has 8 heteroatoms. The lowest BCUT2D eigenvalue weighted by atomic mass is 10.2. The van der Waals surface area contributed by atoms with Crippen molar-refractivity contribution < 1.29 is 4.79 Å². The Balaban J connectivity index is 1.53. The number of nitrogens with zero attached hydrogens (tertiary/aromatic N) is 4. The van der Waals surface area contributed by atoms with Crippen LogP contribution in [0.2, 0.25) is 5.02 Å². The molecule has 2 aromatic heterocycles. The molecule has 0 aliphatic heterocycles. The van der Waals surface area contributed by atoms with Crippen LogP contribution in [0.5, 0.6) is 0 Å². The number of carbonyl (C=O) groups is 1. The van der Waals surface area contributed by atoms with Gasteiger partial charge in [0.05, 0.1) is 16.3 Å². The first kappa shape index (κ1) is 16.9. The highest BCUT2D eigenvalue weighted by atomic mass is 35.5. The van der Waals surface area contributed by atoms with E-state index in [1.807, 2.05) is 19.2 Å². The maximum atomic E-state index is 12.1. The molecule has 0 spiro atoms. The number of aromatic nitrogens is 4. The molecule has 0 atom stereocenters. The van der Waals surface area contributed by atoms with E-state index in [0.717, 1.165) is 5.69 Å². The van der Waals surface area contributed by atoms with E-state index in [-0.39, 0.29) is 5.91 Å². The SMILES string of the molecule is Cc1ccn(-c2cc(NCCNC(=O)c3ccccc3Cl)ncn2)n1. The number of benzene rings is 1. The summed E-state index contributed by atoms with van der Waals surface area (Å²) in [4.78, 5) is 20.4. The minimum Gasteiger partial charge on any atom is -0.368 e. The molecule has 7 nitrogen and oxygen atoms in total. The lowest BCUT2D eigenvalue weighted by molar-refractivity contribution is 0.0955. The lowest BCUT2D eigenvalue weighted by Crippen LogP contribution is -2.29. The van der Waals surface area contributed by atoms with Gasteiger partial charge in [0.25, 0.3) is 5.91 Å². The number of nitrogens with one attached hydrogen (secondary N) is 2. The topological polar surface area (TPSA) is 84.7 Å². The van der Waals surface area contributed by atoms with E-state index in [2.05, 4.69) is 25.7 Å². The van der Waals surface area contributed by atoms with Gasteiger partial charge in [-0.05, 0) is 25.1 Å². The Kier molecular flexibility index (Phi) is 5.25. The first-order valence-corrected chi connectivity index (χ1v) is 8.12. The molecule has 0 unspecified atom stereocenters. The molecule has 0 aliphatic carbocycles. The minimum absolute atomic E-state index is 0.206. The molecular formula is C17H17ClN6O. The number of hydrogen-bond donors (Lipinski definition) is 2. The van der Waals surface area contributed by atoms with Crippen molar-refractivity contribution in [3.05, 3.63) is 65.2 Å². The molecule has 0 fully saturated rings. The second-order valence-corrected chi connectivity index (χ2v) is 5.73. The van der Waals surface area contributed by atoms with E-state index < -0.39 is 0 Å². The van der Waals surface area contributed by atoms with E-state index in [9.17, 15) is 4.79 Å². The van der Waals surface area contributed by atoms with Crippen LogP contribution in [-0.2, 0) is 0 Å². The van der Waals surface area contributed by atoms with Crippen molar-refractivity contribution in [3.8, 4) is 5.82 Å². The summed E-state index contributed by atoms with van der Waals surface area (Å²) in [6, 6.07) is 10.6. The fourth-order valence-corrected chi connectivity index (χ4v) is 2.44. The zero-order valence-electron chi connectivity index (χ0n) is 13.6. The van der Waals surface area contributed by atoms with Gasteiger partial charge in [0.1, 0.15) is 12.1 Å². The van der Waals surface area contributed by atoms with E-state index in [1.54, 1.807) is 35.0 Å². The Hall–Kier alpha value is -2.93. The van der Waals surface area contributed by atoms with Gasteiger partial charge >= 0.3 is 0 Å². The van der Waals surface area contributed by atoms with Gasteiger partial charge in [0.15, 0.2) is 5.82 Å². The number of rotatable bonds is 6. The normalized spacial score (nSPS) is 10.5. The fourth-order valence-electron chi connectivity index (χ4n) is 2.22. The predicted molar refractivity (Wildman–Crippen MR) is 96.2 cm³/mol. The number of hydrogen-bond acceptors (Lipinski definition) is 5. The molecule has 0 saturated heterocycles. The number of aryl methyl sites for hydroxylation is 1. The molecule has 0 saturated carbocycles. The van der Waals surface area contributed by atoms with Crippen LogP contribution in [-0.4, -0.2) is 38.7 Å². The second kappa shape index (κ2) is 7.76. The fraction of sp³-hybridized carbons (Fsp3) is 0.176. The molecule has 3 rings (SSSR count). The average Bonchev–Trinajstić information content (AvgIpc) is 3.06. The van der Waals surface area contributed by atoms with Gasteiger partial charge in [-0.3, -0.25) is 4.79 Å². The Morgan fingerprint density at radius 3 is 2.80 bits per heavy atom. The summed E-state index contributed by atoms with van der Waals surface area (Å²) in [7, 11) is 0. The zero-order chi connectivity index (χ0) is 17.6. The number of carbonyl (C=O) groups excluding carboxylic acids is 1. The van der Waals surface area contributed by atoms with Crippen molar-refractivity contribution in [2.75, 3.05) is 18.4 Å². The summed E-state index contributed by atoms with van der Waals surface area (Å²) in [6.45, 7) is 2.87. The molecule has 2 N–H and O–H groups in total. The Morgan fingerprint density at radius 1 is 1.20 bits per heavy atom. The molecule has 1 aromatic carbocycles. The molecule has 0 aliphatic rings. The maximum absolute atomic E-state index is 12.1. The summed E-state index contributed by atoms with van der Waals surface area (Å²) in [5, 5.41) is 10.7. The van der Waals surface area contributed by atoms with Crippen molar-refractivity contribution in [2.45, 2.75) is 6.92 Å². The standard InChI is InChI=1S/C17H17ClN6O/c1-12-6-9-24(23-12)16-10-15(21-11-22-16)19-7-8-20-17(25)13-4-2-3-5-14(13)18/h2-6,9-11H,7-8H2,1H3,(H,20,25)(H,19,21,22). The van der Waals surface area contributed by atoms with E-state index in [1.165, 1.54) is 6.33 Å². The minimum atomic E-state index is -0.206. The molecule has 2 heterocycles. The third kappa shape index (κ3) is 4.33. The quantitative estimate of drug-likeness (QED) is 0.663. The van der Waals surface area contributed by atoms with Gasteiger partial charge in [-0.25, -0.2) is 14.6 Å². The van der Waals surface area contributed by atoms with Crippen molar-refractivity contribution in [2.24, 2.45) is 0 Å². The molecule has 25 heavy (non-hydrogen) atoms. The van der Waals surface area contributed by atoms with Crippen LogP contribution < -0.4 is 10.6 Å². The average molecular weight is 357 g/mol. The monoisotopic (exact) mass is 356 g/mol. The van der Waals surface area contributed by atoms with E-state index in [0.29, 0.717) is 35.3 Å². The van der Waals surface area contributed by atoms with Gasteiger partial charge in [0, 0.05) is 25.4 Å². The molecule has 3 aromatic rings. The van der Waals surface area contributed by atoms with Crippen molar-refractivity contribution in [3.63, 3.8) is 0 Å². The molecule has 0 bridgehead atoms. The third-order valence-corrected chi connectivity index (χ3v) is 3.77. The summed E-state index contributed by atoms with van der Waals surface area (Å²) in [6.07, 6.45) is 3.31. The first-order chi connectivity index (χ1) is 12.1. The Labute approximate surface area is 150 Å². The van der Waals surface area contributed by atoms with E-state index >= 15 is 0 Å². The van der Waals surface area contributed by atoms with Crippen LogP contribution in [0.15, 0.2) is 48.9 Å². The van der Waals surface area contributed by atoms with Crippen molar-refractivity contribution in [1.29, 1.82) is 0 Å². The van der Waals surface area contributed by atoms with Crippen molar-refractivity contribution in [1.82, 2.24) is 25.1 Å². The molecule has 0 radical (unpaired) electrons. The zero-order valence-corrected chi connectivity index (χ0v) is 14.4. The van der Waals surface area contributed by atoms with Crippen LogP contribution in [0.4, 0.5) is 5.82 Å². The Morgan fingerprint density at radius 2 is 2.04 bits per heavy atom. The van der Waals surface area contributed by atoms with Crippen LogP contribution in [0.1, 0.15) is 16.1 Å². The van der Waals surface area contributed by atoms with Crippen molar-refractivity contribution >= 4 is 23.3 Å². The number of anilines is 1. The molecule has 1 amide bonds. The highest BCUT2D eigenvalue weighted by Crippen LogP contribution is 2.14. The highest BCUT2D eigenvalue weighted by molar-refractivity contribution is 6.33. The summed E-state index contributed by atoms with van der Waals surface area (Å²) >= 11 is 6.00. The molecular weight excluding hydrogens is 340 g/mol. The molecule has 128 valence electrons. The summed E-state index contributed by atoms with van der Waals surface area (Å²) < 4.78 is 1.68. The van der Waals surface area contributed by atoms with Crippen LogP contribution in [0.25, 0.3) is 5.82 Å². The van der Waals surface area contributed by atoms with Crippen LogP contribution >= 0.6 is 11.6 Å². The lowest BCUT2D eigenvalue weighted by Gasteiger charge is -2.09. The van der Waals surface area contributed by atoms with Gasteiger partial charge in [-0.15, -0.1) is 0 Å². The van der Waals surface area contributed by atoms with Crippen LogP contribution in [0.3, 0.4) is 0 Å². The predicted octanol–water partition coefficient (Wildman–Crippen LogP) is 2.47. The number of amides is 1. The maximum Gasteiger partial charge on any atom is 0.252 e.